The fourth-order valence-corrected chi connectivity index (χ4v) is 3.39. The molecule has 1 amide bonds. The quantitative estimate of drug-likeness (QED) is 0.506. The lowest BCUT2D eigenvalue weighted by Crippen LogP contribution is -2.12. The van der Waals surface area contributed by atoms with Gasteiger partial charge in [0, 0.05) is 17.9 Å². The van der Waals surface area contributed by atoms with Crippen LogP contribution >= 0.6 is 11.8 Å². The van der Waals surface area contributed by atoms with E-state index in [0.717, 1.165) is 39.6 Å². The summed E-state index contributed by atoms with van der Waals surface area (Å²) in [6.07, 6.45) is 1.33. The topological polar surface area (TPSA) is 57.8 Å². The highest BCUT2D eigenvalue weighted by molar-refractivity contribution is 7.99. The van der Waals surface area contributed by atoms with E-state index in [1.807, 2.05) is 50.2 Å². The number of carbonyl (C=O) groups excluding carboxylic acids is 1. The minimum absolute atomic E-state index is 0.0622. The molecule has 0 spiro atoms. The number of H-pyrrole nitrogens is 1. The number of imidazole rings is 1. The zero-order valence-corrected chi connectivity index (χ0v) is 14.7. The number of thioether (sulfide) groups is 1. The van der Waals surface area contributed by atoms with Gasteiger partial charge in [-0.1, -0.05) is 41.6 Å². The molecule has 0 unspecified atom stereocenters. The summed E-state index contributed by atoms with van der Waals surface area (Å²) < 4.78 is 0. The normalized spacial score (nSPS) is 10.9. The molecule has 4 nitrogen and oxygen atoms in total. The molecule has 1 heterocycles. The van der Waals surface area contributed by atoms with Crippen molar-refractivity contribution in [2.75, 3.05) is 11.1 Å². The molecule has 2 N–H and O–H groups in total. The predicted molar refractivity (Wildman–Crippen MR) is 101 cm³/mol. The minimum Gasteiger partial charge on any atom is -0.333 e. The summed E-state index contributed by atoms with van der Waals surface area (Å²) in [5.74, 6) is 0.923. The maximum atomic E-state index is 12.1. The van der Waals surface area contributed by atoms with E-state index in [-0.39, 0.29) is 5.91 Å². The molecule has 0 bridgehead atoms. The van der Waals surface area contributed by atoms with Gasteiger partial charge in [-0.15, -0.1) is 0 Å². The van der Waals surface area contributed by atoms with E-state index in [4.69, 9.17) is 0 Å². The molecule has 0 aliphatic carbocycles. The number of benzene rings is 2. The van der Waals surface area contributed by atoms with Crippen molar-refractivity contribution in [2.24, 2.45) is 0 Å². The van der Waals surface area contributed by atoms with Crippen LogP contribution in [-0.4, -0.2) is 21.6 Å². The number of nitrogens with one attached hydrogen (secondary N) is 2. The van der Waals surface area contributed by atoms with Crippen molar-refractivity contribution in [3.05, 3.63) is 53.6 Å². The number of hydrogen-bond donors (Lipinski definition) is 2. The molecule has 0 saturated carbocycles. The number of aryl methyl sites for hydroxylation is 2. The second kappa shape index (κ2) is 7.53. The van der Waals surface area contributed by atoms with Crippen LogP contribution in [0, 0.1) is 13.8 Å². The van der Waals surface area contributed by atoms with Gasteiger partial charge in [0.15, 0.2) is 5.16 Å². The van der Waals surface area contributed by atoms with E-state index in [1.54, 1.807) is 11.8 Å². The Morgan fingerprint density at radius 3 is 2.83 bits per heavy atom. The third kappa shape index (κ3) is 4.17. The summed E-state index contributed by atoms with van der Waals surface area (Å²) in [6.45, 7) is 4.06. The SMILES string of the molecule is Cc1ccc(NC(=O)CCCSc2nc3ccccc3[nH]2)c(C)c1. The number of carbonyl (C=O) groups is 1. The van der Waals surface area contributed by atoms with Crippen LogP contribution in [0.3, 0.4) is 0 Å². The molecule has 0 aliphatic heterocycles. The standard InChI is InChI=1S/C19H21N3OS/c1-13-9-10-15(14(2)12-13)20-18(23)8-5-11-24-19-21-16-6-3-4-7-17(16)22-19/h3-4,6-7,9-10,12H,5,8,11H2,1-2H3,(H,20,23)(H,21,22). The Hall–Kier alpha value is -2.27. The Kier molecular flexibility index (Phi) is 5.20. The molecular formula is C19H21N3OS. The Morgan fingerprint density at radius 1 is 1.21 bits per heavy atom. The Labute approximate surface area is 146 Å². The zero-order chi connectivity index (χ0) is 16.9. The van der Waals surface area contributed by atoms with E-state index >= 15 is 0 Å². The van der Waals surface area contributed by atoms with E-state index < -0.39 is 0 Å². The molecule has 0 atom stereocenters. The van der Waals surface area contributed by atoms with Crippen molar-refractivity contribution in [1.29, 1.82) is 0 Å². The maximum absolute atomic E-state index is 12.1. The van der Waals surface area contributed by atoms with Crippen LogP contribution in [0.25, 0.3) is 11.0 Å². The van der Waals surface area contributed by atoms with E-state index in [2.05, 4.69) is 21.4 Å². The monoisotopic (exact) mass is 339 g/mol. The molecule has 3 rings (SSSR count). The number of amides is 1. The second-order valence-corrected chi connectivity index (χ2v) is 6.96. The van der Waals surface area contributed by atoms with Gasteiger partial charge in [0.05, 0.1) is 11.0 Å². The van der Waals surface area contributed by atoms with Gasteiger partial charge < -0.3 is 10.3 Å². The molecule has 0 aliphatic rings. The first-order valence-corrected chi connectivity index (χ1v) is 9.05. The van der Waals surface area contributed by atoms with Crippen LogP contribution in [0.5, 0.6) is 0 Å². The highest BCUT2D eigenvalue weighted by Crippen LogP contribution is 2.21. The summed E-state index contributed by atoms with van der Waals surface area (Å²) >= 11 is 1.65. The third-order valence-electron chi connectivity index (χ3n) is 3.81. The minimum atomic E-state index is 0.0622. The van der Waals surface area contributed by atoms with Crippen LogP contribution in [0.1, 0.15) is 24.0 Å². The zero-order valence-electron chi connectivity index (χ0n) is 13.9. The number of aromatic nitrogens is 2. The summed E-state index contributed by atoms with van der Waals surface area (Å²) in [5, 5.41) is 3.89. The van der Waals surface area contributed by atoms with E-state index in [0.29, 0.717) is 6.42 Å². The van der Waals surface area contributed by atoms with Gasteiger partial charge >= 0.3 is 0 Å². The average Bonchev–Trinajstić information content (AvgIpc) is 2.97. The second-order valence-electron chi connectivity index (χ2n) is 5.88. The highest BCUT2D eigenvalue weighted by Gasteiger charge is 2.06. The predicted octanol–water partition coefficient (Wildman–Crippen LogP) is 4.69. The molecule has 0 fully saturated rings. The number of fused-ring (bicyclic) bond motifs is 1. The largest absolute Gasteiger partial charge is 0.333 e. The number of para-hydroxylation sites is 2. The number of rotatable bonds is 6. The Balaban J connectivity index is 1.45. The van der Waals surface area contributed by atoms with Crippen molar-refractivity contribution < 1.29 is 4.79 Å². The molecule has 5 heteroatoms. The van der Waals surface area contributed by atoms with Crippen molar-refractivity contribution in [3.8, 4) is 0 Å². The molecule has 124 valence electrons. The summed E-state index contributed by atoms with van der Waals surface area (Å²) in [6, 6.07) is 14.0. The molecule has 0 radical (unpaired) electrons. The lowest BCUT2D eigenvalue weighted by molar-refractivity contribution is -0.116. The van der Waals surface area contributed by atoms with Crippen LogP contribution < -0.4 is 5.32 Å². The lowest BCUT2D eigenvalue weighted by atomic mass is 10.1. The van der Waals surface area contributed by atoms with Crippen LogP contribution in [-0.2, 0) is 4.79 Å². The Bertz CT molecular complexity index is 824. The first-order valence-electron chi connectivity index (χ1n) is 8.06. The van der Waals surface area contributed by atoms with Crippen LogP contribution in [0.4, 0.5) is 5.69 Å². The van der Waals surface area contributed by atoms with Crippen LogP contribution in [0.15, 0.2) is 47.6 Å². The lowest BCUT2D eigenvalue weighted by Gasteiger charge is -2.08. The van der Waals surface area contributed by atoms with E-state index in [9.17, 15) is 4.79 Å². The summed E-state index contributed by atoms with van der Waals surface area (Å²) in [4.78, 5) is 19.9. The summed E-state index contributed by atoms with van der Waals surface area (Å²) in [7, 11) is 0. The third-order valence-corrected chi connectivity index (χ3v) is 4.77. The first-order chi connectivity index (χ1) is 11.6. The van der Waals surface area contributed by atoms with Gasteiger partial charge in [0.2, 0.25) is 5.91 Å². The Morgan fingerprint density at radius 2 is 2.04 bits per heavy atom. The number of nitrogens with zero attached hydrogens (tertiary/aromatic N) is 1. The van der Waals surface area contributed by atoms with Gasteiger partial charge in [-0.25, -0.2) is 4.98 Å². The van der Waals surface area contributed by atoms with Gasteiger partial charge in [0.1, 0.15) is 0 Å². The van der Waals surface area contributed by atoms with Gasteiger partial charge in [-0.05, 0) is 44.0 Å². The smallest absolute Gasteiger partial charge is 0.224 e. The number of anilines is 1. The average molecular weight is 339 g/mol. The van der Waals surface area contributed by atoms with Gasteiger partial charge in [-0.2, -0.15) is 0 Å². The van der Waals surface area contributed by atoms with Crippen molar-refractivity contribution in [2.45, 2.75) is 31.8 Å². The first kappa shape index (κ1) is 16.6. The molecule has 3 aromatic rings. The van der Waals surface area contributed by atoms with Gasteiger partial charge in [0.25, 0.3) is 0 Å². The molecular weight excluding hydrogens is 318 g/mol. The summed E-state index contributed by atoms with van der Waals surface area (Å²) in [5.41, 5.74) is 5.23. The van der Waals surface area contributed by atoms with Crippen molar-refractivity contribution >= 4 is 34.4 Å². The molecule has 0 saturated heterocycles. The number of aromatic amines is 1. The van der Waals surface area contributed by atoms with Crippen molar-refractivity contribution in [3.63, 3.8) is 0 Å². The molecule has 24 heavy (non-hydrogen) atoms. The highest BCUT2D eigenvalue weighted by atomic mass is 32.2. The van der Waals surface area contributed by atoms with E-state index in [1.165, 1.54) is 5.56 Å². The molecule has 2 aromatic carbocycles. The molecule has 1 aromatic heterocycles. The fourth-order valence-electron chi connectivity index (χ4n) is 2.57. The van der Waals surface area contributed by atoms with Crippen molar-refractivity contribution in [1.82, 2.24) is 9.97 Å². The van der Waals surface area contributed by atoms with Gasteiger partial charge in [-0.3, -0.25) is 4.79 Å². The maximum Gasteiger partial charge on any atom is 0.224 e. The fraction of sp³-hybridized carbons (Fsp3) is 0.263. The van der Waals surface area contributed by atoms with Crippen LogP contribution in [0.2, 0.25) is 0 Å². The number of hydrogen-bond acceptors (Lipinski definition) is 3.